The normalized spacial score (nSPS) is 14.8. The van der Waals surface area contributed by atoms with Crippen LogP contribution in [0.25, 0.3) is 0 Å². The van der Waals surface area contributed by atoms with E-state index in [2.05, 4.69) is 11.4 Å². The molecule has 0 fully saturated rings. The predicted molar refractivity (Wildman–Crippen MR) is 75.5 cm³/mol. The summed E-state index contributed by atoms with van der Waals surface area (Å²) in [7, 11) is 0. The lowest BCUT2D eigenvalue weighted by molar-refractivity contribution is -0.386. The maximum atomic E-state index is 13.1. The van der Waals surface area contributed by atoms with Gasteiger partial charge in [0.15, 0.2) is 5.75 Å². The summed E-state index contributed by atoms with van der Waals surface area (Å²) in [6, 6.07) is 5.30. The van der Waals surface area contributed by atoms with Gasteiger partial charge in [0.1, 0.15) is 11.4 Å². The predicted octanol–water partition coefficient (Wildman–Crippen LogP) is 2.78. The second-order valence-corrected chi connectivity index (χ2v) is 4.98. The SMILES string of the molecule is CCNC(C)(C#N)CC(C)Oc1ccc(F)cc1[N+](=O)[O-]. The number of nitro benzene ring substituents is 1. The number of nitrogens with zero attached hydrogens (tertiary/aromatic N) is 2. The number of rotatable bonds is 7. The highest BCUT2D eigenvalue weighted by Crippen LogP contribution is 2.29. The molecule has 0 aliphatic carbocycles. The second-order valence-electron chi connectivity index (χ2n) is 4.98. The van der Waals surface area contributed by atoms with Crippen molar-refractivity contribution < 1.29 is 14.1 Å². The highest BCUT2D eigenvalue weighted by atomic mass is 19.1. The van der Waals surface area contributed by atoms with E-state index in [1.807, 2.05) is 6.92 Å². The monoisotopic (exact) mass is 295 g/mol. The molecule has 0 aromatic heterocycles. The number of halogens is 1. The van der Waals surface area contributed by atoms with E-state index < -0.39 is 28.1 Å². The summed E-state index contributed by atoms with van der Waals surface area (Å²) in [5.41, 5.74) is -1.22. The lowest BCUT2D eigenvalue weighted by Crippen LogP contribution is -2.44. The van der Waals surface area contributed by atoms with Gasteiger partial charge in [-0.25, -0.2) is 4.39 Å². The average molecular weight is 295 g/mol. The number of ether oxygens (including phenoxy) is 1. The molecule has 2 atom stereocenters. The number of hydrogen-bond donors (Lipinski definition) is 1. The van der Waals surface area contributed by atoms with Gasteiger partial charge in [0.05, 0.1) is 23.2 Å². The largest absolute Gasteiger partial charge is 0.484 e. The third-order valence-electron chi connectivity index (χ3n) is 2.96. The van der Waals surface area contributed by atoms with Gasteiger partial charge in [-0.05, 0) is 32.5 Å². The Kier molecular flexibility index (Phi) is 5.61. The highest BCUT2D eigenvalue weighted by molar-refractivity contribution is 5.46. The fraction of sp³-hybridized carbons (Fsp3) is 0.500. The first-order valence-corrected chi connectivity index (χ1v) is 6.58. The van der Waals surface area contributed by atoms with E-state index in [4.69, 9.17) is 4.74 Å². The van der Waals surface area contributed by atoms with Crippen LogP contribution in [-0.2, 0) is 0 Å². The molecule has 0 heterocycles. The van der Waals surface area contributed by atoms with Crippen LogP contribution in [0.15, 0.2) is 18.2 Å². The van der Waals surface area contributed by atoms with Gasteiger partial charge in [-0.1, -0.05) is 6.92 Å². The highest BCUT2D eigenvalue weighted by Gasteiger charge is 2.27. The van der Waals surface area contributed by atoms with Crippen LogP contribution in [0.1, 0.15) is 27.2 Å². The van der Waals surface area contributed by atoms with Crippen molar-refractivity contribution >= 4 is 5.69 Å². The molecule has 1 rings (SSSR count). The molecule has 7 heteroatoms. The summed E-state index contributed by atoms with van der Waals surface area (Å²) in [5, 5.41) is 23.1. The maximum Gasteiger partial charge on any atom is 0.313 e. The fourth-order valence-electron chi connectivity index (χ4n) is 2.11. The van der Waals surface area contributed by atoms with Crippen LogP contribution >= 0.6 is 0 Å². The lowest BCUT2D eigenvalue weighted by Gasteiger charge is -2.26. The molecule has 1 aromatic carbocycles. The number of nitrogens with one attached hydrogen (secondary N) is 1. The van der Waals surface area contributed by atoms with Crippen LogP contribution in [0, 0.1) is 27.3 Å². The Bertz CT molecular complexity index is 559. The Hall–Kier alpha value is -2.20. The van der Waals surface area contributed by atoms with Gasteiger partial charge >= 0.3 is 5.69 Å². The molecule has 0 bridgehead atoms. The third kappa shape index (κ3) is 4.68. The van der Waals surface area contributed by atoms with E-state index in [0.29, 0.717) is 13.0 Å². The molecule has 0 aliphatic rings. The van der Waals surface area contributed by atoms with Gasteiger partial charge in [0.2, 0.25) is 0 Å². The number of hydrogen-bond acceptors (Lipinski definition) is 5. The molecule has 0 radical (unpaired) electrons. The van der Waals surface area contributed by atoms with Crippen LogP contribution in [-0.4, -0.2) is 23.1 Å². The van der Waals surface area contributed by atoms with Crippen LogP contribution < -0.4 is 10.1 Å². The molecular formula is C14H18FN3O3. The van der Waals surface area contributed by atoms with Crippen molar-refractivity contribution in [2.75, 3.05) is 6.54 Å². The number of benzene rings is 1. The Morgan fingerprint density at radius 3 is 2.81 bits per heavy atom. The quantitative estimate of drug-likeness (QED) is 0.617. The summed E-state index contributed by atoms with van der Waals surface area (Å²) in [5.74, 6) is -0.707. The van der Waals surface area contributed by atoms with E-state index in [-0.39, 0.29) is 5.75 Å². The first-order chi connectivity index (χ1) is 9.81. The van der Waals surface area contributed by atoms with Crippen LogP contribution in [0.4, 0.5) is 10.1 Å². The van der Waals surface area contributed by atoms with E-state index in [9.17, 15) is 19.8 Å². The van der Waals surface area contributed by atoms with Crippen LogP contribution in [0.2, 0.25) is 0 Å². The van der Waals surface area contributed by atoms with Gasteiger partial charge in [0, 0.05) is 6.42 Å². The first-order valence-electron chi connectivity index (χ1n) is 6.58. The Balaban J connectivity index is 2.87. The molecule has 2 unspecified atom stereocenters. The number of nitriles is 1. The van der Waals surface area contributed by atoms with Gasteiger partial charge in [-0.2, -0.15) is 5.26 Å². The lowest BCUT2D eigenvalue weighted by atomic mass is 9.96. The topological polar surface area (TPSA) is 88.2 Å². The summed E-state index contributed by atoms with van der Waals surface area (Å²) in [4.78, 5) is 10.2. The van der Waals surface area contributed by atoms with Crippen molar-refractivity contribution in [3.05, 3.63) is 34.1 Å². The van der Waals surface area contributed by atoms with E-state index in [1.165, 1.54) is 6.07 Å². The van der Waals surface area contributed by atoms with E-state index in [0.717, 1.165) is 12.1 Å². The van der Waals surface area contributed by atoms with Gasteiger partial charge in [0.25, 0.3) is 0 Å². The zero-order valence-electron chi connectivity index (χ0n) is 12.2. The number of nitro groups is 1. The molecular weight excluding hydrogens is 277 g/mol. The van der Waals surface area contributed by atoms with Crippen molar-refractivity contribution in [3.8, 4) is 11.8 Å². The Labute approximate surface area is 122 Å². The Morgan fingerprint density at radius 2 is 2.29 bits per heavy atom. The third-order valence-corrected chi connectivity index (χ3v) is 2.96. The molecule has 21 heavy (non-hydrogen) atoms. The second kappa shape index (κ2) is 6.99. The average Bonchev–Trinajstić information content (AvgIpc) is 2.40. The smallest absolute Gasteiger partial charge is 0.313 e. The minimum atomic E-state index is -0.789. The van der Waals surface area contributed by atoms with Crippen LogP contribution in [0.5, 0.6) is 5.75 Å². The van der Waals surface area contributed by atoms with Gasteiger partial charge in [-0.3, -0.25) is 15.4 Å². The minimum absolute atomic E-state index is 0.00862. The van der Waals surface area contributed by atoms with Crippen molar-refractivity contribution in [2.24, 2.45) is 0 Å². The van der Waals surface area contributed by atoms with Gasteiger partial charge in [-0.15, -0.1) is 0 Å². The fourth-order valence-corrected chi connectivity index (χ4v) is 2.11. The van der Waals surface area contributed by atoms with Crippen molar-refractivity contribution in [3.63, 3.8) is 0 Å². The molecule has 0 spiro atoms. The molecule has 0 aliphatic heterocycles. The van der Waals surface area contributed by atoms with Crippen molar-refractivity contribution in [1.82, 2.24) is 5.32 Å². The maximum absolute atomic E-state index is 13.1. The molecule has 1 aromatic rings. The molecule has 6 nitrogen and oxygen atoms in total. The molecule has 1 N–H and O–H groups in total. The van der Waals surface area contributed by atoms with Crippen LogP contribution in [0.3, 0.4) is 0 Å². The standard InChI is InChI=1S/C14H18FN3O3/c1-4-17-14(3,9-16)8-10(2)21-13-6-5-11(15)7-12(13)18(19)20/h5-7,10,17H,4,8H2,1-3H3. The van der Waals surface area contributed by atoms with Crippen molar-refractivity contribution in [2.45, 2.75) is 38.8 Å². The zero-order valence-corrected chi connectivity index (χ0v) is 12.2. The zero-order chi connectivity index (χ0) is 16.0. The van der Waals surface area contributed by atoms with Gasteiger partial charge < -0.3 is 4.74 Å². The summed E-state index contributed by atoms with van der Waals surface area (Å²) < 4.78 is 18.6. The summed E-state index contributed by atoms with van der Waals surface area (Å²) in [6.07, 6.45) is -0.107. The minimum Gasteiger partial charge on any atom is -0.484 e. The molecule has 0 saturated carbocycles. The Morgan fingerprint density at radius 1 is 1.62 bits per heavy atom. The van der Waals surface area contributed by atoms with E-state index in [1.54, 1.807) is 13.8 Å². The summed E-state index contributed by atoms with van der Waals surface area (Å²) in [6.45, 7) is 5.94. The van der Waals surface area contributed by atoms with Crippen molar-refractivity contribution in [1.29, 1.82) is 5.26 Å². The first kappa shape index (κ1) is 16.9. The molecule has 114 valence electrons. The van der Waals surface area contributed by atoms with E-state index >= 15 is 0 Å². The molecule has 0 saturated heterocycles. The summed E-state index contributed by atoms with van der Waals surface area (Å²) >= 11 is 0. The molecule has 0 amide bonds.